The summed E-state index contributed by atoms with van der Waals surface area (Å²) in [4.78, 5) is 36.9. The number of hydrogen-bond acceptors (Lipinski definition) is 4. The van der Waals surface area contributed by atoms with Gasteiger partial charge in [-0.2, -0.15) is 0 Å². The molecule has 2 aromatic rings. The summed E-state index contributed by atoms with van der Waals surface area (Å²) in [6.07, 6.45) is 0.558. The van der Waals surface area contributed by atoms with Crippen LogP contribution in [-0.2, 0) is 17.7 Å². The van der Waals surface area contributed by atoms with Crippen molar-refractivity contribution in [3.05, 3.63) is 68.1 Å². The summed E-state index contributed by atoms with van der Waals surface area (Å²) in [5, 5.41) is 0.578. The van der Waals surface area contributed by atoms with Gasteiger partial charge < -0.3 is 9.30 Å². The van der Waals surface area contributed by atoms with Gasteiger partial charge in [-0.3, -0.25) is 9.59 Å². The third kappa shape index (κ3) is 2.99. The van der Waals surface area contributed by atoms with Gasteiger partial charge in [0.15, 0.2) is 5.78 Å². The maximum Gasteiger partial charge on any atom is 0.340 e. The van der Waals surface area contributed by atoms with E-state index in [1.807, 2.05) is 6.07 Å². The van der Waals surface area contributed by atoms with Crippen molar-refractivity contribution in [2.45, 2.75) is 26.3 Å². The number of ether oxygens (including phenoxy) is 1. The number of fused-ring (bicyclic) bond motifs is 1. The number of ketones is 1. The normalized spacial score (nSPS) is 13.0. The summed E-state index contributed by atoms with van der Waals surface area (Å²) in [6, 6.07) is 8.67. The van der Waals surface area contributed by atoms with Crippen LogP contribution in [-0.4, -0.2) is 22.9 Å². The second-order valence-electron chi connectivity index (χ2n) is 5.59. The average Bonchev–Trinajstić information content (AvgIpc) is 2.93. The number of rotatable bonds is 4. The minimum atomic E-state index is -0.580. The van der Waals surface area contributed by atoms with Crippen molar-refractivity contribution in [3.63, 3.8) is 0 Å². The van der Waals surface area contributed by atoms with E-state index in [0.717, 1.165) is 5.56 Å². The summed E-state index contributed by atoms with van der Waals surface area (Å²) < 4.78 is 6.42. The second-order valence-corrected chi connectivity index (χ2v) is 6.03. The minimum Gasteiger partial charge on any atom is -0.462 e. The van der Waals surface area contributed by atoms with Crippen LogP contribution in [0.2, 0.25) is 5.02 Å². The van der Waals surface area contributed by atoms with Crippen molar-refractivity contribution in [1.29, 1.82) is 0 Å². The molecule has 0 radical (unpaired) electrons. The number of aromatic nitrogens is 1. The van der Waals surface area contributed by atoms with Crippen molar-refractivity contribution in [2.75, 3.05) is 6.61 Å². The molecule has 1 aliphatic heterocycles. The Bertz CT molecular complexity index is 885. The molecule has 124 valence electrons. The van der Waals surface area contributed by atoms with Gasteiger partial charge in [-0.1, -0.05) is 23.7 Å². The van der Waals surface area contributed by atoms with E-state index in [9.17, 15) is 14.4 Å². The standard InChI is InChI=1S/C18H16ClNO4/c1-2-24-18(23)14-10-12(8-11-4-3-5-13(19)9-11)17(22)20-7-6-15(21)16(14)20/h3-5,9-10H,2,6-8H2,1H3. The maximum absolute atomic E-state index is 12.7. The summed E-state index contributed by atoms with van der Waals surface area (Å²) in [5.74, 6) is -0.784. The largest absolute Gasteiger partial charge is 0.462 e. The van der Waals surface area contributed by atoms with Gasteiger partial charge in [0.05, 0.1) is 12.2 Å². The molecule has 0 N–H and O–H groups in total. The number of nitrogens with zero attached hydrogens (tertiary/aromatic N) is 1. The second kappa shape index (κ2) is 6.61. The van der Waals surface area contributed by atoms with Crippen LogP contribution in [0.25, 0.3) is 0 Å². The lowest BCUT2D eigenvalue weighted by atomic mass is 10.0. The topological polar surface area (TPSA) is 65.4 Å². The van der Waals surface area contributed by atoms with Crippen LogP contribution in [0.15, 0.2) is 35.1 Å². The first-order chi connectivity index (χ1) is 11.5. The number of Topliss-reactive ketones (excluding diaryl/α,β-unsaturated/α-hetero) is 1. The minimum absolute atomic E-state index is 0.160. The fourth-order valence-corrected chi connectivity index (χ4v) is 3.14. The molecule has 0 aliphatic carbocycles. The van der Waals surface area contributed by atoms with Crippen molar-refractivity contribution < 1.29 is 14.3 Å². The third-order valence-electron chi connectivity index (χ3n) is 3.97. The van der Waals surface area contributed by atoms with E-state index in [2.05, 4.69) is 0 Å². The molecule has 1 aromatic heterocycles. The van der Waals surface area contributed by atoms with Crippen LogP contribution >= 0.6 is 11.6 Å². The Labute approximate surface area is 143 Å². The molecular formula is C18H16ClNO4. The SMILES string of the molecule is CCOC(=O)c1cc(Cc2cccc(Cl)c2)c(=O)n2c1C(=O)CC2. The van der Waals surface area contributed by atoms with Crippen LogP contribution in [0.4, 0.5) is 0 Å². The molecule has 6 heteroatoms. The van der Waals surface area contributed by atoms with E-state index < -0.39 is 5.97 Å². The lowest BCUT2D eigenvalue weighted by Crippen LogP contribution is -2.27. The van der Waals surface area contributed by atoms with Gasteiger partial charge in [-0.05, 0) is 30.7 Å². The van der Waals surface area contributed by atoms with Crippen LogP contribution in [0.1, 0.15) is 45.3 Å². The van der Waals surface area contributed by atoms with E-state index in [-0.39, 0.29) is 35.6 Å². The number of carbonyl (C=O) groups excluding carboxylic acids is 2. The molecule has 0 saturated heterocycles. The van der Waals surface area contributed by atoms with Crippen molar-refractivity contribution in [1.82, 2.24) is 4.57 Å². The van der Waals surface area contributed by atoms with Crippen LogP contribution in [0.5, 0.6) is 0 Å². The molecule has 24 heavy (non-hydrogen) atoms. The van der Waals surface area contributed by atoms with Crippen molar-refractivity contribution in [3.8, 4) is 0 Å². The van der Waals surface area contributed by atoms with Gasteiger partial charge in [-0.25, -0.2) is 4.79 Å². The maximum atomic E-state index is 12.7. The molecule has 1 aromatic carbocycles. The van der Waals surface area contributed by atoms with Gasteiger partial charge in [0.1, 0.15) is 5.69 Å². The highest BCUT2D eigenvalue weighted by molar-refractivity contribution is 6.30. The Morgan fingerprint density at radius 2 is 2.08 bits per heavy atom. The molecule has 1 aliphatic rings. The van der Waals surface area contributed by atoms with Crippen LogP contribution in [0.3, 0.4) is 0 Å². The highest BCUT2D eigenvalue weighted by Gasteiger charge is 2.29. The Kier molecular flexibility index (Phi) is 4.53. The number of pyridine rings is 1. The van der Waals surface area contributed by atoms with E-state index in [4.69, 9.17) is 16.3 Å². The fourth-order valence-electron chi connectivity index (χ4n) is 2.93. The summed E-state index contributed by atoms with van der Waals surface area (Å²) in [5.41, 5.74) is 1.38. The fraction of sp³-hybridized carbons (Fsp3) is 0.278. The molecule has 3 rings (SSSR count). The number of halogens is 1. The van der Waals surface area contributed by atoms with Gasteiger partial charge in [0.25, 0.3) is 5.56 Å². The number of hydrogen-bond donors (Lipinski definition) is 0. The quantitative estimate of drug-likeness (QED) is 0.799. The molecule has 2 heterocycles. The monoisotopic (exact) mass is 345 g/mol. The smallest absolute Gasteiger partial charge is 0.340 e. The molecular weight excluding hydrogens is 330 g/mol. The molecule has 0 unspecified atom stereocenters. The molecule has 0 amide bonds. The zero-order valence-corrected chi connectivity index (χ0v) is 13.9. The van der Waals surface area contributed by atoms with E-state index >= 15 is 0 Å². The summed E-state index contributed by atoms with van der Waals surface area (Å²) in [7, 11) is 0. The van der Waals surface area contributed by atoms with Gasteiger partial charge in [0, 0.05) is 30.0 Å². The molecule has 0 bridgehead atoms. The number of carbonyl (C=O) groups is 2. The summed E-state index contributed by atoms with van der Waals surface area (Å²) in [6.45, 7) is 2.19. The zero-order valence-electron chi connectivity index (χ0n) is 13.2. The highest BCUT2D eigenvalue weighted by atomic mass is 35.5. The Balaban J connectivity index is 2.11. The summed E-state index contributed by atoms with van der Waals surface area (Å²) >= 11 is 5.98. The number of esters is 1. The zero-order chi connectivity index (χ0) is 17.3. The van der Waals surface area contributed by atoms with Crippen LogP contribution in [0, 0.1) is 0 Å². The Morgan fingerprint density at radius 1 is 1.29 bits per heavy atom. The lowest BCUT2D eigenvalue weighted by molar-refractivity contribution is 0.0522. The average molecular weight is 346 g/mol. The van der Waals surface area contributed by atoms with E-state index in [1.54, 1.807) is 25.1 Å². The van der Waals surface area contributed by atoms with Crippen LogP contribution < -0.4 is 5.56 Å². The van der Waals surface area contributed by atoms with E-state index in [1.165, 1.54) is 10.6 Å². The molecule has 5 nitrogen and oxygen atoms in total. The number of benzene rings is 1. The van der Waals surface area contributed by atoms with Gasteiger partial charge in [-0.15, -0.1) is 0 Å². The highest BCUT2D eigenvalue weighted by Crippen LogP contribution is 2.21. The Morgan fingerprint density at radius 3 is 2.79 bits per heavy atom. The van der Waals surface area contributed by atoms with Gasteiger partial charge >= 0.3 is 5.97 Å². The predicted molar refractivity (Wildman–Crippen MR) is 89.9 cm³/mol. The molecule has 0 fully saturated rings. The first-order valence-corrected chi connectivity index (χ1v) is 8.10. The predicted octanol–water partition coefficient (Wildman–Crippen LogP) is 2.86. The van der Waals surface area contributed by atoms with Crippen molar-refractivity contribution in [2.24, 2.45) is 0 Å². The first kappa shape index (κ1) is 16.5. The molecule has 0 spiro atoms. The van der Waals surface area contributed by atoms with E-state index in [0.29, 0.717) is 23.6 Å². The third-order valence-corrected chi connectivity index (χ3v) is 4.20. The van der Waals surface area contributed by atoms with Crippen molar-refractivity contribution >= 4 is 23.4 Å². The first-order valence-electron chi connectivity index (χ1n) is 7.72. The van der Waals surface area contributed by atoms with Gasteiger partial charge in [0.2, 0.25) is 0 Å². The Hall–Kier alpha value is -2.40. The molecule has 0 atom stereocenters. The molecule has 0 saturated carbocycles. The lowest BCUT2D eigenvalue weighted by Gasteiger charge is -2.11.